The van der Waals surface area contributed by atoms with Crippen LogP contribution in [0.3, 0.4) is 0 Å². The van der Waals surface area contributed by atoms with Crippen LogP contribution in [0.4, 0.5) is 0 Å². The Morgan fingerprint density at radius 2 is 2.22 bits per heavy atom. The Balaban J connectivity index is 2.03. The lowest BCUT2D eigenvalue weighted by molar-refractivity contribution is 1.04. The maximum atomic E-state index is 4.60. The molecule has 3 N–H and O–H groups in total. The van der Waals surface area contributed by atoms with Gasteiger partial charge in [0.1, 0.15) is 16.9 Å². The number of aryl methyl sites for hydroxylation is 1. The fraction of sp³-hybridized carbons (Fsp3) is 0.0833. The molecule has 0 spiro atoms. The Labute approximate surface area is 101 Å². The number of nitrogens with zero attached hydrogens (tertiary/aromatic N) is 3. The molecule has 4 aromatic rings. The van der Waals surface area contributed by atoms with Gasteiger partial charge in [-0.05, 0) is 19.1 Å². The van der Waals surface area contributed by atoms with E-state index in [9.17, 15) is 0 Å². The fourth-order valence-corrected chi connectivity index (χ4v) is 2.13. The number of aromatic nitrogens is 6. The molecule has 0 fully saturated rings. The first-order valence-electron chi connectivity index (χ1n) is 5.65. The summed E-state index contributed by atoms with van der Waals surface area (Å²) in [5.74, 6) is 0.754. The minimum Gasteiger partial charge on any atom is -0.346 e. The van der Waals surface area contributed by atoms with Gasteiger partial charge in [-0.2, -0.15) is 5.10 Å². The van der Waals surface area contributed by atoms with Crippen LogP contribution in [-0.2, 0) is 0 Å². The lowest BCUT2D eigenvalue weighted by atomic mass is 10.3. The fourth-order valence-electron chi connectivity index (χ4n) is 2.13. The van der Waals surface area contributed by atoms with Crippen molar-refractivity contribution in [2.24, 2.45) is 0 Å². The van der Waals surface area contributed by atoms with Gasteiger partial charge in [-0.15, -0.1) is 0 Å². The third-order valence-electron chi connectivity index (χ3n) is 2.98. The van der Waals surface area contributed by atoms with Crippen LogP contribution in [0.1, 0.15) is 5.69 Å². The average Bonchev–Trinajstić information content (AvgIpc) is 3.04. The smallest absolute Gasteiger partial charge is 0.159 e. The number of nitrogens with one attached hydrogen (secondary N) is 3. The van der Waals surface area contributed by atoms with Gasteiger partial charge in [0.25, 0.3) is 0 Å². The van der Waals surface area contributed by atoms with Gasteiger partial charge >= 0.3 is 0 Å². The van der Waals surface area contributed by atoms with Crippen LogP contribution in [0.5, 0.6) is 0 Å². The Hall–Kier alpha value is -2.63. The summed E-state index contributed by atoms with van der Waals surface area (Å²) in [6.07, 6.45) is 3.65. The minimum atomic E-state index is 0.754. The second-order valence-corrected chi connectivity index (χ2v) is 4.28. The first kappa shape index (κ1) is 9.41. The van der Waals surface area contributed by atoms with E-state index in [-0.39, 0.29) is 0 Å². The summed E-state index contributed by atoms with van der Waals surface area (Å²) in [6.45, 7) is 1.96. The van der Waals surface area contributed by atoms with Crippen LogP contribution in [0.15, 0.2) is 24.5 Å². The van der Waals surface area contributed by atoms with Crippen molar-refractivity contribution < 1.29 is 0 Å². The number of aromatic amines is 3. The summed E-state index contributed by atoms with van der Waals surface area (Å²) >= 11 is 0. The molecule has 0 amide bonds. The standard InChI is InChI=1S/C12H10N6/c1-6-4-8(18-17-6)12-15-9-5-14-11-7(2-3-13-11)10(9)16-12/h2-5H,1H3,(H,13,14)(H,15,16)(H,17,18). The molecule has 0 radical (unpaired) electrons. The summed E-state index contributed by atoms with van der Waals surface area (Å²) in [7, 11) is 0. The number of fused-ring (bicyclic) bond motifs is 3. The average molecular weight is 238 g/mol. The van der Waals surface area contributed by atoms with E-state index in [4.69, 9.17) is 0 Å². The Bertz CT molecular complexity index is 850. The molecule has 0 unspecified atom stereocenters. The van der Waals surface area contributed by atoms with Crippen molar-refractivity contribution >= 4 is 22.1 Å². The van der Waals surface area contributed by atoms with Crippen molar-refractivity contribution in [2.45, 2.75) is 6.92 Å². The van der Waals surface area contributed by atoms with E-state index in [0.29, 0.717) is 0 Å². The number of rotatable bonds is 1. The minimum absolute atomic E-state index is 0.754. The molecule has 18 heavy (non-hydrogen) atoms. The lowest BCUT2D eigenvalue weighted by Crippen LogP contribution is -1.79. The Kier molecular flexibility index (Phi) is 1.67. The molecule has 0 atom stereocenters. The summed E-state index contributed by atoms with van der Waals surface area (Å²) in [5, 5.41) is 8.13. The van der Waals surface area contributed by atoms with Gasteiger partial charge in [0, 0.05) is 17.3 Å². The van der Waals surface area contributed by atoms with E-state index < -0.39 is 0 Å². The van der Waals surface area contributed by atoms with Crippen molar-refractivity contribution in [3.05, 3.63) is 30.2 Å². The van der Waals surface area contributed by atoms with Crippen LogP contribution >= 0.6 is 0 Å². The van der Waals surface area contributed by atoms with Crippen molar-refractivity contribution in [3.8, 4) is 11.5 Å². The highest BCUT2D eigenvalue weighted by atomic mass is 15.1. The zero-order chi connectivity index (χ0) is 12.1. The van der Waals surface area contributed by atoms with Gasteiger partial charge in [-0.25, -0.2) is 9.97 Å². The molecule has 4 aromatic heterocycles. The monoisotopic (exact) mass is 238 g/mol. The van der Waals surface area contributed by atoms with E-state index in [1.54, 1.807) is 6.20 Å². The third-order valence-corrected chi connectivity index (χ3v) is 2.98. The van der Waals surface area contributed by atoms with E-state index >= 15 is 0 Å². The van der Waals surface area contributed by atoms with Crippen molar-refractivity contribution in [1.29, 1.82) is 0 Å². The van der Waals surface area contributed by atoms with Crippen LogP contribution in [-0.4, -0.2) is 30.1 Å². The van der Waals surface area contributed by atoms with E-state index in [1.165, 1.54) is 0 Å². The zero-order valence-electron chi connectivity index (χ0n) is 9.65. The molecular formula is C12H10N6. The van der Waals surface area contributed by atoms with Crippen molar-refractivity contribution in [1.82, 2.24) is 30.1 Å². The highest BCUT2D eigenvalue weighted by molar-refractivity contribution is 6.01. The molecule has 6 nitrogen and oxygen atoms in total. The number of hydrogen-bond acceptors (Lipinski definition) is 3. The number of pyridine rings is 1. The highest BCUT2D eigenvalue weighted by Crippen LogP contribution is 2.24. The van der Waals surface area contributed by atoms with Gasteiger partial charge in [-0.1, -0.05) is 0 Å². The topological polar surface area (TPSA) is 86.0 Å². The Morgan fingerprint density at radius 3 is 3.06 bits per heavy atom. The quantitative estimate of drug-likeness (QED) is 0.475. The predicted molar refractivity (Wildman–Crippen MR) is 68.1 cm³/mol. The Morgan fingerprint density at radius 1 is 1.28 bits per heavy atom. The maximum Gasteiger partial charge on any atom is 0.159 e. The molecule has 4 rings (SSSR count). The second-order valence-electron chi connectivity index (χ2n) is 4.28. The van der Waals surface area contributed by atoms with E-state index in [2.05, 4.69) is 30.1 Å². The van der Waals surface area contributed by atoms with Crippen LogP contribution in [0, 0.1) is 6.92 Å². The number of imidazole rings is 1. The SMILES string of the molecule is Cc1cc(-c2nc3c(cnc4[nH]ccc43)[nH]2)n[nH]1. The first-order chi connectivity index (χ1) is 8.81. The largest absolute Gasteiger partial charge is 0.346 e. The molecule has 0 aliphatic heterocycles. The maximum absolute atomic E-state index is 4.60. The number of H-pyrrole nitrogens is 3. The molecule has 0 bridgehead atoms. The summed E-state index contributed by atoms with van der Waals surface area (Å²) in [6, 6.07) is 3.94. The van der Waals surface area contributed by atoms with Crippen LogP contribution in [0.2, 0.25) is 0 Å². The van der Waals surface area contributed by atoms with Crippen molar-refractivity contribution in [3.63, 3.8) is 0 Å². The molecule has 0 aliphatic rings. The van der Waals surface area contributed by atoms with Gasteiger partial charge in [0.05, 0.1) is 11.7 Å². The predicted octanol–water partition coefficient (Wildman–Crippen LogP) is 2.14. The first-order valence-corrected chi connectivity index (χ1v) is 5.65. The zero-order valence-corrected chi connectivity index (χ0v) is 9.65. The molecule has 6 heteroatoms. The highest BCUT2D eigenvalue weighted by Gasteiger charge is 2.11. The van der Waals surface area contributed by atoms with Crippen molar-refractivity contribution in [2.75, 3.05) is 0 Å². The van der Waals surface area contributed by atoms with Crippen LogP contribution < -0.4 is 0 Å². The molecule has 0 saturated heterocycles. The summed E-state index contributed by atoms with van der Waals surface area (Å²) in [4.78, 5) is 15.2. The molecule has 0 aromatic carbocycles. The molecule has 0 aliphatic carbocycles. The normalized spacial score (nSPS) is 11.6. The van der Waals surface area contributed by atoms with Gasteiger partial charge in [0.15, 0.2) is 5.82 Å². The van der Waals surface area contributed by atoms with E-state index in [1.807, 2.05) is 25.3 Å². The molecule has 0 saturated carbocycles. The molecule has 4 heterocycles. The molecule has 88 valence electrons. The number of hydrogen-bond donors (Lipinski definition) is 3. The third kappa shape index (κ3) is 1.20. The van der Waals surface area contributed by atoms with Gasteiger partial charge < -0.3 is 9.97 Å². The second kappa shape index (κ2) is 3.19. The van der Waals surface area contributed by atoms with Gasteiger partial charge in [0.2, 0.25) is 0 Å². The lowest BCUT2D eigenvalue weighted by Gasteiger charge is -1.88. The molecular weight excluding hydrogens is 228 g/mol. The van der Waals surface area contributed by atoms with Gasteiger partial charge in [-0.3, -0.25) is 5.10 Å². The van der Waals surface area contributed by atoms with Crippen LogP contribution in [0.25, 0.3) is 33.6 Å². The van der Waals surface area contributed by atoms with E-state index in [0.717, 1.165) is 39.3 Å². The summed E-state index contributed by atoms with van der Waals surface area (Å²) < 4.78 is 0. The summed E-state index contributed by atoms with van der Waals surface area (Å²) in [5.41, 5.74) is 4.50.